The third-order valence-corrected chi connectivity index (χ3v) is 12.1. The van der Waals surface area contributed by atoms with E-state index in [4.69, 9.17) is 28.7 Å². The Morgan fingerprint density at radius 3 is 2.32 bits per heavy atom. The van der Waals surface area contributed by atoms with E-state index in [0.717, 1.165) is 22.3 Å². The van der Waals surface area contributed by atoms with Crippen LogP contribution in [0.15, 0.2) is 87.9 Å². The highest BCUT2D eigenvalue weighted by atomic mass is 32.1. The number of nitrogens with one attached hydrogen (secondary N) is 1. The van der Waals surface area contributed by atoms with Crippen LogP contribution in [-0.4, -0.2) is 112 Å². The number of nitrogens with zero attached hydrogens (tertiary/aromatic N) is 1. The number of aromatic nitrogens is 1. The van der Waals surface area contributed by atoms with Gasteiger partial charge in [-0.25, -0.2) is 14.6 Å². The highest BCUT2D eigenvalue weighted by Gasteiger charge is 2.45. The maximum absolute atomic E-state index is 13.9. The molecule has 1 aromatic heterocycles. The maximum Gasteiger partial charge on any atom is 0.407 e. The van der Waals surface area contributed by atoms with Crippen molar-refractivity contribution in [3.63, 3.8) is 0 Å². The Morgan fingerprint density at radius 2 is 1.68 bits per heavy atom. The zero-order valence-corrected chi connectivity index (χ0v) is 39.7. The van der Waals surface area contributed by atoms with E-state index in [1.54, 1.807) is 26.2 Å². The Balaban J connectivity index is 2.13. The van der Waals surface area contributed by atoms with E-state index in [1.807, 2.05) is 110 Å². The number of cyclic esters (lactones) is 1. The number of allylic oxidation sites excluding steroid dienone is 8. The first kappa shape index (κ1) is 53.6. The third-order valence-electron chi connectivity index (χ3n) is 11.1. The molecule has 63 heavy (non-hydrogen) atoms. The average molecular weight is 901 g/mol. The van der Waals surface area contributed by atoms with Crippen molar-refractivity contribution in [2.24, 2.45) is 23.7 Å². The van der Waals surface area contributed by atoms with Crippen molar-refractivity contribution in [3.05, 3.63) is 98.6 Å². The number of hydrogen-bond acceptors (Lipinski definition) is 14. The molecular weight excluding hydrogens is 829 g/mol. The van der Waals surface area contributed by atoms with Gasteiger partial charge in [-0.1, -0.05) is 106 Å². The highest BCUT2D eigenvalue weighted by Crippen LogP contribution is 2.35. The summed E-state index contributed by atoms with van der Waals surface area (Å²) in [4.78, 5) is 31.0. The SMILES string of the molecule is CNC(=O)O[C@@H](CC(C)C)c1nc([C@H]2OC(=O)/C(C)=C\C/C(C)=C\[C@@H](O[C@@H]3O[C@H](CO)[C@@H](O)[C@H](O)[C@H]3O)[C@@H](C)\C=C(C)/C=C(C)\C=C/[C@@H](O)[C@H](C)[C@H](OC)/C(C)=C\C=C/[C@@H]2C)cs1. The van der Waals surface area contributed by atoms with Crippen molar-refractivity contribution in [1.29, 1.82) is 0 Å². The molecule has 0 bridgehead atoms. The summed E-state index contributed by atoms with van der Waals surface area (Å²) in [5.74, 6) is -1.36. The van der Waals surface area contributed by atoms with Crippen LogP contribution in [0.25, 0.3) is 0 Å². The molecule has 3 heterocycles. The number of esters is 1. The molecule has 3 rings (SSSR count). The average Bonchev–Trinajstić information content (AvgIpc) is 3.72. The van der Waals surface area contributed by atoms with Gasteiger partial charge >= 0.3 is 12.1 Å². The first-order valence-corrected chi connectivity index (χ1v) is 22.5. The molecule has 1 fully saturated rings. The molecular formula is C48H72N2O12S. The van der Waals surface area contributed by atoms with Gasteiger partial charge < -0.3 is 54.5 Å². The molecule has 352 valence electrons. The van der Waals surface area contributed by atoms with Gasteiger partial charge in [-0.3, -0.25) is 0 Å². The van der Waals surface area contributed by atoms with E-state index in [1.165, 1.54) is 18.4 Å². The number of carbonyl (C=O) groups excluding carboxylic acids is 2. The molecule has 13 atom stereocenters. The standard InChI is InChI=1S/C48H72N2O12S/c1-26(2)20-38(61-48(57)49-11)45-50-35(25-63-45)44-31(7)15-13-14-30(6)43(58-12)34(10)36(52)19-17-27(3)21-29(5)22-33(9)37(23-28(4)16-18-32(8)46(56)62-44)59-47-42(55)41(54)40(53)39(24-51)60-47/h13-15,17-19,21-23,25-26,31,33-34,36-44,47,51-55H,16,20,24H2,1-12H3,(H,49,57)/b15-13-,19-17-,27-21-,28-23-,29-22-,30-14-,32-18-/t31-,33-,34-,36+,37+,38-,39+,40+,41-,42+,43+,44-,47+/m0/s1. The zero-order valence-electron chi connectivity index (χ0n) is 38.9. The molecule has 0 unspecified atom stereocenters. The van der Waals surface area contributed by atoms with Crippen molar-refractivity contribution >= 4 is 23.4 Å². The molecule has 0 aromatic carbocycles. The van der Waals surface area contributed by atoms with Gasteiger partial charge in [0, 0.05) is 42.9 Å². The second-order valence-corrected chi connectivity index (χ2v) is 18.2. The molecule has 2 aliphatic rings. The summed E-state index contributed by atoms with van der Waals surface area (Å²) >= 11 is 1.33. The number of amides is 1. The second kappa shape index (κ2) is 25.6. The Morgan fingerprint density at radius 1 is 0.984 bits per heavy atom. The molecule has 0 aliphatic carbocycles. The number of carbonyl (C=O) groups is 2. The predicted octanol–water partition coefficient (Wildman–Crippen LogP) is 6.89. The van der Waals surface area contributed by atoms with E-state index in [-0.39, 0.29) is 23.7 Å². The normalized spacial score (nSPS) is 36.9. The third kappa shape index (κ3) is 16.0. The van der Waals surface area contributed by atoms with Crippen molar-refractivity contribution in [2.45, 2.75) is 143 Å². The predicted molar refractivity (Wildman–Crippen MR) is 243 cm³/mol. The minimum absolute atomic E-state index is 0.203. The van der Waals surface area contributed by atoms with Crippen molar-refractivity contribution in [2.75, 3.05) is 20.8 Å². The molecule has 1 aromatic rings. The van der Waals surface area contributed by atoms with E-state index < -0.39 is 79.9 Å². The number of aliphatic hydroxyl groups is 5. The van der Waals surface area contributed by atoms with Gasteiger partial charge in [-0.15, -0.1) is 11.3 Å². The quantitative estimate of drug-likeness (QED) is 0.111. The number of thiazole rings is 1. The number of aliphatic hydroxyl groups excluding tert-OH is 5. The molecule has 0 saturated carbocycles. The highest BCUT2D eigenvalue weighted by molar-refractivity contribution is 7.09. The Hall–Kier alpha value is -3.77. The van der Waals surface area contributed by atoms with Gasteiger partial charge in [0.05, 0.1) is 30.6 Å². The first-order chi connectivity index (χ1) is 29.7. The van der Waals surface area contributed by atoms with Crippen molar-refractivity contribution < 1.29 is 58.8 Å². The van der Waals surface area contributed by atoms with Crippen LogP contribution in [0, 0.1) is 23.7 Å². The van der Waals surface area contributed by atoms with Crippen LogP contribution >= 0.6 is 11.3 Å². The van der Waals surface area contributed by atoms with E-state index in [9.17, 15) is 35.1 Å². The fourth-order valence-corrected chi connectivity index (χ4v) is 8.28. The summed E-state index contributed by atoms with van der Waals surface area (Å²) in [5, 5.41) is 57.7. The topological polar surface area (TPSA) is 206 Å². The molecule has 0 spiro atoms. The smallest absolute Gasteiger partial charge is 0.407 e. The number of rotatable bonds is 9. The van der Waals surface area contributed by atoms with Crippen LogP contribution in [0.4, 0.5) is 4.79 Å². The number of methoxy groups -OCH3 is 1. The largest absolute Gasteiger partial charge is 0.452 e. The Bertz CT molecular complexity index is 1860. The monoisotopic (exact) mass is 900 g/mol. The number of ether oxygens (including phenoxy) is 5. The van der Waals surface area contributed by atoms with Crippen LogP contribution in [-0.2, 0) is 28.5 Å². The minimum Gasteiger partial charge on any atom is -0.452 e. The molecule has 2 aliphatic heterocycles. The molecule has 0 radical (unpaired) electrons. The lowest BCUT2D eigenvalue weighted by atomic mass is 9.91. The van der Waals surface area contributed by atoms with E-state index in [2.05, 4.69) is 5.32 Å². The molecule has 14 nitrogen and oxygen atoms in total. The van der Waals surface area contributed by atoms with Crippen molar-refractivity contribution in [1.82, 2.24) is 10.3 Å². The summed E-state index contributed by atoms with van der Waals surface area (Å²) in [7, 11) is 3.10. The van der Waals surface area contributed by atoms with Crippen LogP contribution in [0.5, 0.6) is 0 Å². The van der Waals surface area contributed by atoms with Gasteiger partial charge in [0.2, 0.25) is 0 Å². The second-order valence-electron chi connectivity index (χ2n) is 17.3. The van der Waals surface area contributed by atoms with Crippen LogP contribution in [0.2, 0.25) is 0 Å². The van der Waals surface area contributed by atoms with Gasteiger partial charge in [0.15, 0.2) is 18.5 Å². The van der Waals surface area contributed by atoms with Crippen LogP contribution < -0.4 is 5.32 Å². The number of alkyl carbamates (subject to hydrolysis) is 1. The first-order valence-electron chi connectivity index (χ1n) is 21.7. The lowest BCUT2D eigenvalue weighted by Crippen LogP contribution is -2.59. The zero-order chi connectivity index (χ0) is 47.1. The fraction of sp³-hybridized carbons (Fsp3) is 0.604. The van der Waals surface area contributed by atoms with Crippen molar-refractivity contribution in [3.8, 4) is 0 Å². The summed E-state index contributed by atoms with van der Waals surface area (Å²) in [6.45, 7) is 18.6. The fourth-order valence-electron chi connectivity index (χ4n) is 7.40. The van der Waals surface area contributed by atoms with Gasteiger partial charge in [0.1, 0.15) is 29.4 Å². The summed E-state index contributed by atoms with van der Waals surface area (Å²) in [6, 6.07) is 0. The van der Waals surface area contributed by atoms with Gasteiger partial charge in [-0.2, -0.15) is 0 Å². The Kier molecular flexibility index (Phi) is 21.8. The van der Waals surface area contributed by atoms with E-state index in [0.29, 0.717) is 29.1 Å². The minimum atomic E-state index is -1.62. The molecule has 1 amide bonds. The van der Waals surface area contributed by atoms with Crippen LogP contribution in [0.3, 0.4) is 0 Å². The van der Waals surface area contributed by atoms with E-state index >= 15 is 0 Å². The lowest BCUT2D eigenvalue weighted by molar-refractivity contribution is -0.309. The maximum atomic E-state index is 13.9. The van der Waals surface area contributed by atoms with Gasteiger partial charge in [0.25, 0.3) is 0 Å². The lowest BCUT2D eigenvalue weighted by Gasteiger charge is -2.41. The molecule has 1 saturated heterocycles. The Labute approximate surface area is 377 Å². The molecule has 15 heteroatoms. The summed E-state index contributed by atoms with van der Waals surface area (Å²) in [5.41, 5.74) is 4.32. The van der Waals surface area contributed by atoms with Crippen LogP contribution in [0.1, 0.15) is 105 Å². The molecule has 6 N–H and O–H groups in total. The summed E-state index contributed by atoms with van der Waals surface area (Å²) in [6.07, 6.45) is 6.49. The summed E-state index contributed by atoms with van der Waals surface area (Å²) < 4.78 is 29.8. The number of hydrogen-bond donors (Lipinski definition) is 6. The van der Waals surface area contributed by atoms with Gasteiger partial charge in [-0.05, 0) is 59.0 Å².